The average Bonchev–Trinajstić information content (AvgIpc) is 3.08. The van der Waals surface area contributed by atoms with Crippen LogP contribution in [0.2, 0.25) is 0 Å². The molecule has 0 aliphatic heterocycles. The summed E-state index contributed by atoms with van der Waals surface area (Å²) in [5.41, 5.74) is 0.343. The van der Waals surface area contributed by atoms with Gasteiger partial charge in [0, 0.05) is 30.3 Å². The van der Waals surface area contributed by atoms with Gasteiger partial charge in [0.05, 0.1) is 18.5 Å². The van der Waals surface area contributed by atoms with Gasteiger partial charge in [-0.1, -0.05) is 12.8 Å². The van der Waals surface area contributed by atoms with E-state index in [0.29, 0.717) is 12.1 Å². The van der Waals surface area contributed by atoms with E-state index in [4.69, 9.17) is 0 Å². The molecule has 23 heavy (non-hydrogen) atoms. The number of non-ortho nitro benzene ring substituents is 1. The number of methoxy groups -OCH3 is 1. The van der Waals surface area contributed by atoms with Crippen molar-refractivity contribution in [3.8, 4) is 0 Å². The van der Waals surface area contributed by atoms with Crippen LogP contribution in [0.1, 0.15) is 42.5 Å². The molecule has 1 aromatic carbocycles. The van der Waals surface area contributed by atoms with Gasteiger partial charge in [0.25, 0.3) is 11.6 Å². The van der Waals surface area contributed by atoms with Crippen molar-refractivity contribution in [3.63, 3.8) is 0 Å². The molecule has 0 aromatic heterocycles. The zero-order chi connectivity index (χ0) is 16.8. The molecule has 2 rings (SSSR count). The second-order valence-electron chi connectivity index (χ2n) is 5.57. The first-order valence-electron chi connectivity index (χ1n) is 7.65. The van der Waals surface area contributed by atoms with E-state index in [1.54, 1.807) is 4.90 Å². The normalized spacial score (nSPS) is 14.5. The predicted octanol–water partition coefficient (Wildman–Crippen LogP) is 2.54. The van der Waals surface area contributed by atoms with E-state index in [-0.39, 0.29) is 30.0 Å². The smallest absolute Gasteiger partial charge is 0.307 e. The van der Waals surface area contributed by atoms with Gasteiger partial charge in [-0.05, 0) is 25.0 Å². The first-order valence-corrected chi connectivity index (χ1v) is 7.65. The summed E-state index contributed by atoms with van der Waals surface area (Å²) in [6, 6.07) is 5.67. The molecule has 1 amide bonds. The van der Waals surface area contributed by atoms with Crippen LogP contribution in [0, 0.1) is 10.1 Å². The Morgan fingerprint density at radius 1 is 1.26 bits per heavy atom. The number of amides is 1. The van der Waals surface area contributed by atoms with Gasteiger partial charge in [0.2, 0.25) is 0 Å². The molecule has 1 saturated carbocycles. The highest BCUT2D eigenvalue weighted by atomic mass is 16.6. The summed E-state index contributed by atoms with van der Waals surface area (Å²) in [6.45, 7) is 0.299. The standard InChI is InChI=1S/C16H20N2O5/c1-23-15(19)10-11-17(13-4-2-3-5-13)16(20)12-6-8-14(9-7-12)18(21)22/h6-9,13H,2-5,10-11H2,1H3. The zero-order valence-electron chi connectivity index (χ0n) is 13.1. The molecular formula is C16H20N2O5. The summed E-state index contributed by atoms with van der Waals surface area (Å²) < 4.78 is 4.64. The lowest BCUT2D eigenvalue weighted by molar-refractivity contribution is -0.384. The third-order valence-corrected chi connectivity index (χ3v) is 4.14. The maximum atomic E-state index is 12.7. The summed E-state index contributed by atoms with van der Waals surface area (Å²) in [7, 11) is 1.32. The van der Waals surface area contributed by atoms with Crippen molar-refractivity contribution in [2.75, 3.05) is 13.7 Å². The van der Waals surface area contributed by atoms with Crippen LogP contribution in [0.15, 0.2) is 24.3 Å². The lowest BCUT2D eigenvalue weighted by Gasteiger charge is -2.28. The molecule has 7 nitrogen and oxygen atoms in total. The molecule has 0 saturated heterocycles. The van der Waals surface area contributed by atoms with Crippen molar-refractivity contribution in [1.29, 1.82) is 0 Å². The number of hydrogen-bond donors (Lipinski definition) is 0. The Morgan fingerprint density at radius 2 is 1.87 bits per heavy atom. The number of hydrogen-bond acceptors (Lipinski definition) is 5. The maximum Gasteiger partial charge on any atom is 0.307 e. The van der Waals surface area contributed by atoms with Gasteiger partial charge in [-0.25, -0.2) is 0 Å². The maximum absolute atomic E-state index is 12.7. The summed E-state index contributed by atoms with van der Waals surface area (Å²) >= 11 is 0. The van der Waals surface area contributed by atoms with Crippen LogP contribution in [0.4, 0.5) is 5.69 Å². The Morgan fingerprint density at radius 3 is 2.39 bits per heavy atom. The van der Waals surface area contributed by atoms with E-state index in [2.05, 4.69) is 4.74 Å². The van der Waals surface area contributed by atoms with Gasteiger partial charge in [-0.3, -0.25) is 19.7 Å². The van der Waals surface area contributed by atoms with Crippen molar-refractivity contribution in [3.05, 3.63) is 39.9 Å². The summed E-state index contributed by atoms with van der Waals surface area (Å²) in [5.74, 6) is -0.555. The molecule has 1 fully saturated rings. The van der Waals surface area contributed by atoms with Crippen LogP contribution in [-0.4, -0.2) is 41.4 Å². The van der Waals surface area contributed by atoms with Gasteiger partial charge in [-0.15, -0.1) is 0 Å². The van der Waals surface area contributed by atoms with Crippen LogP contribution in [0.3, 0.4) is 0 Å². The molecule has 0 heterocycles. The second-order valence-corrected chi connectivity index (χ2v) is 5.57. The number of rotatable bonds is 6. The summed E-state index contributed by atoms with van der Waals surface area (Å²) in [4.78, 5) is 36.0. The fraction of sp³-hybridized carbons (Fsp3) is 0.500. The minimum atomic E-state index is -0.500. The Bertz CT molecular complexity index is 579. The molecule has 0 bridgehead atoms. The average molecular weight is 320 g/mol. The molecule has 1 aliphatic carbocycles. The lowest BCUT2D eigenvalue weighted by atomic mass is 10.1. The highest BCUT2D eigenvalue weighted by Crippen LogP contribution is 2.25. The molecule has 0 unspecified atom stereocenters. The van der Waals surface area contributed by atoms with E-state index in [0.717, 1.165) is 25.7 Å². The van der Waals surface area contributed by atoms with Crippen molar-refractivity contribution < 1.29 is 19.2 Å². The van der Waals surface area contributed by atoms with Crippen molar-refractivity contribution in [2.45, 2.75) is 38.1 Å². The SMILES string of the molecule is COC(=O)CCN(C(=O)c1ccc([N+](=O)[O-])cc1)C1CCCC1. The van der Waals surface area contributed by atoms with E-state index in [9.17, 15) is 19.7 Å². The van der Waals surface area contributed by atoms with Crippen LogP contribution in [-0.2, 0) is 9.53 Å². The Kier molecular flexibility index (Phi) is 5.67. The summed E-state index contributed by atoms with van der Waals surface area (Å²) in [6.07, 6.45) is 4.10. The summed E-state index contributed by atoms with van der Waals surface area (Å²) in [5, 5.41) is 10.7. The van der Waals surface area contributed by atoms with Gasteiger partial charge < -0.3 is 9.64 Å². The van der Waals surface area contributed by atoms with Gasteiger partial charge >= 0.3 is 5.97 Å². The highest BCUT2D eigenvalue weighted by molar-refractivity contribution is 5.94. The zero-order valence-corrected chi connectivity index (χ0v) is 13.1. The molecule has 124 valence electrons. The predicted molar refractivity (Wildman–Crippen MR) is 83.0 cm³/mol. The number of esters is 1. The number of ether oxygens (including phenoxy) is 1. The van der Waals surface area contributed by atoms with Gasteiger partial charge in [0.15, 0.2) is 0 Å². The quantitative estimate of drug-likeness (QED) is 0.456. The first-order chi connectivity index (χ1) is 11.0. The number of nitrogens with zero attached hydrogens (tertiary/aromatic N) is 2. The van der Waals surface area contributed by atoms with E-state index in [1.807, 2.05) is 0 Å². The van der Waals surface area contributed by atoms with Crippen molar-refractivity contribution >= 4 is 17.6 Å². The molecule has 0 radical (unpaired) electrons. The van der Waals surface area contributed by atoms with E-state index >= 15 is 0 Å². The number of benzene rings is 1. The van der Waals surface area contributed by atoms with Crippen molar-refractivity contribution in [1.82, 2.24) is 4.90 Å². The molecule has 0 spiro atoms. The first kappa shape index (κ1) is 16.9. The van der Waals surface area contributed by atoms with Crippen molar-refractivity contribution in [2.24, 2.45) is 0 Å². The lowest BCUT2D eigenvalue weighted by Crippen LogP contribution is -2.40. The van der Waals surface area contributed by atoms with Crippen LogP contribution in [0.5, 0.6) is 0 Å². The third-order valence-electron chi connectivity index (χ3n) is 4.14. The number of carbonyl (C=O) groups excluding carboxylic acids is 2. The van der Waals surface area contributed by atoms with Crippen LogP contribution < -0.4 is 0 Å². The fourth-order valence-electron chi connectivity index (χ4n) is 2.87. The number of nitro benzene ring substituents is 1. The Balaban J connectivity index is 2.14. The third kappa shape index (κ3) is 4.28. The molecule has 1 aliphatic rings. The molecule has 0 atom stereocenters. The van der Waals surface area contributed by atoms with Gasteiger partial charge in [0.1, 0.15) is 0 Å². The molecular weight excluding hydrogens is 300 g/mol. The monoisotopic (exact) mass is 320 g/mol. The number of carbonyl (C=O) groups is 2. The van der Waals surface area contributed by atoms with E-state index in [1.165, 1.54) is 31.4 Å². The molecule has 7 heteroatoms. The molecule has 1 aromatic rings. The topological polar surface area (TPSA) is 89.8 Å². The second kappa shape index (κ2) is 7.71. The largest absolute Gasteiger partial charge is 0.469 e. The van der Waals surface area contributed by atoms with E-state index < -0.39 is 4.92 Å². The highest BCUT2D eigenvalue weighted by Gasteiger charge is 2.28. The Labute approximate surface area is 134 Å². The van der Waals surface area contributed by atoms with Gasteiger partial charge in [-0.2, -0.15) is 0 Å². The fourth-order valence-corrected chi connectivity index (χ4v) is 2.87. The minimum Gasteiger partial charge on any atom is -0.469 e. The van der Waals surface area contributed by atoms with Crippen LogP contribution >= 0.6 is 0 Å². The number of nitro groups is 1. The minimum absolute atomic E-state index is 0.0523. The molecule has 0 N–H and O–H groups in total. The van der Waals surface area contributed by atoms with Crippen LogP contribution in [0.25, 0.3) is 0 Å². The Hall–Kier alpha value is -2.44.